The van der Waals surface area contributed by atoms with Crippen molar-refractivity contribution in [1.29, 1.82) is 0 Å². The number of halogens is 1. The Morgan fingerprint density at radius 2 is 2.10 bits per heavy atom. The Hall–Kier alpha value is -3.14. The molecule has 3 aromatic rings. The van der Waals surface area contributed by atoms with Crippen molar-refractivity contribution >= 4 is 23.5 Å². The van der Waals surface area contributed by atoms with Gasteiger partial charge in [-0.1, -0.05) is 11.8 Å². The van der Waals surface area contributed by atoms with Gasteiger partial charge in [0.2, 0.25) is 0 Å². The third-order valence-electron chi connectivity index (χ3n) is 4.09. The molecule has 0 amide bonds. The summed E-state index contributed by atoms with van der Waals surface area (Å²) in [5.74, 6) is 0.0284. The van der Waals surface area contributed by atoms with Gasteiger partial charge in [-0.3, -0.25) is 14.2 Å². The van der Waals surface area contributed by atoms with Gasteiger partial charge in [0.25, 0.3) is 0 Å². The van der Waals surface area contributed by atoms with Crippen LogP contribution in [-0.2, 0) is 22.5 Å². The number of rotatable bonds is 10. The smallest absolute Gasteiger partial charge is 0.313 e. The number of hydrogen-bond acceptors (Lipinski definition) is 8. The second-order valence-electron chi connectivity index (χ2n) is 6.10. The van der Waals surface area contributed by atoms with Gasteiger partial charge >= 0.3 is 5.97 Å². The SMILES string of the molecule is CCOC(=O)Cc1nnc(SCC(=O)c2cc(F)ccc2OC)n1Cc1ccco1. The minimum atomic E-state index is -0.526. The average Bonchev–Trinajstić information content (AvgIpc) is 3.37. The van der Waals surface area contributed by atoms with Crippen molar-refractivity contribution in [2.75, 3.05) is 19.5 Å². The van der Waals surface area contributed by atoms with Crippen LogP contribution in [0.2, 0.25) is 0 Å². The van der Waals surface area contributed by atoms with Crippen LogP contribution >= 0.6 is 11.8 Å². The maximum atomic E-state index is 13.6. The monoisotopic (exact) mass is 433 g/mol. The number of ketones is 1. The molecule has 10 heteroatoms. The predicted molar refractivity (Wildman–Crippen MR) is 106 cm³/mol. The first-order valence-corrected chi connectivity index (χ1v) is 10.1. The number of aromatic nitrogens is 3. The Bertz CT molecular complexity index is 1020. The van der Waals surface area contributed by atoms with Crippen LogP contribution in [0.4, 0.5) is 4.39 Å². The summed E-state index contributed by atoms with van der Waals surface area (Å²) in [5.41, 5.74) is 0.147. The molecule has 0 aliphatic carbocycles. The van der Waals surface area contributed by atoms with Crippen LogP contribution in [0.25, 0.3) is 0 Å². The van der Waals surface area contributed by atoms with Crippen LogP contribution < -0.4 is 4.74 Å². The molecule has 0 N–H and O–H groups in total. The van der Waals surface area contributed by atoms with Crippen LogP contribution in [0.15, 0.2) is 46.2 Å². The highest BCUT2D eigenvalue weighted by molar-refractivity contribution is 7.99. The quantitative estimate of drug-likeness (QED) is 0.273. The zero-order valence-corrected chi connectivity index (χ0v) is 17.3. The van der Waals surface area contributed by atoms with Crippen molar-refractivity contribution in [1.82, 2.24) is 14.8 Å². The Morgan fingerprint density at radius 1 is 1.27 bits per heavy atom. The summed E-state index contributed by atoms with van der Waals surface area (Å²) in [6.45, 7) is 2.27. The first-order valence-electron chi connectivity index (χ1n) is 9.11. The molecular formula is C20H20FN3O5S. The molecular weight excluding hydrogens is 413 g/mol. The van der Waals surface area contributed by atoms with Gasteiger partial charge in [0.15, 0.2) is 10.9 Å². The number of hydrogen-bond donors (Lipinski definition) is 0. The third kappa shape index (κ3) is 5.26. The number of methoxy groups -OCH3 is 1. The fraction of sp³-hybridized carbons (Fsp3) is 0.300. The molecule has 8 nitrogen and oxygen atoms in total. The number of thioether (sulfide) groups is 1. The van der Waals surface area contributed by atoms with E-state index in [1.54, 1.807) is 23.6 Å². The van der Waals surface area contributed by atoms with Gasteiger partial charge in [0, 0.05) is 0 Å². The highest BCUT2D eigenvalue weighted by Gasteiger charge is 2.20. The molecule has 0 unspecified atom stereocenters. The third-order valence-corrected chi connectivity index (χ3v) is 5.06. The summed E-state index contributed by atoms with van der Waals surface area (Å²) < 4.78 is 30.8. The van der Waals surface area contributed by atoms with Crippen molar-refractivity contribution in [3.05, 3.63) is 59.6 Å². The van der Waals surface area contributed by atoms with E-state index in [-0.39, 0.29) is 36.7 Å². The van der Waals surface area contributed by atoms with E-state index in [1.807, 2.05) is 0 Å². The second-order valence-corrected chi connectivity index (χ2v) is 7.05. The van der Waals surface area contributed by atoms with Crippen LogP contribution in [0.5, 0.6) is 5.75 Å². The summed E-state index contributed by atoms with van der Waals surface area (Å²) in [7, 11) is 1.42. The second kappa shape index (κ2) is 10.1. The molecule has 0 saturated carbocycles. The molecule has 30 heavy (non-hydrogen) atoms. The first kappa shape index (κ1) is 21.6. The van der Waals surface area contributed by atoms with Crippen molar-refractivity contribution in [3.8, 4) is 5.75 Å². The summed E-state index contributed by atoms with van der Waals surface area (Å²) in [4.78, 5) is 24.5. The Kier molecular flexibility index (Phi) is 7.23. The highest BCUT2D eigenvalue weighted by atomic mass is 32.2. The molecule has 1 aromatic carbocycles. The van der Waals surface area contributed by atoms with Gasteiger partial charge in [0.05, 0.1) is 37.8 Å². The van der Waals surface area contributed by atoms with Crippen molar-refractivity contribution in [3.63, 3.8) is 0 Å². The minimum Gasteiger partial charge on any atom is -0.496 e. The lowest BCUT2D eigenvalue weighted by Crippen LogP contribution is -2.14. The van der Waals surface area contributed by atoms with E-state index in [1.165, 1.54) is 25.5 Å². The molecule has 0 atom stereocenters. The van der Waals surface area contributed by atoms with Gasteiger partial charge in [-0.15, -0.1) is 10.2 Å². The molecule has 0 bridgehead atoms. The number of esters is 1. The number of benzene rings is 1. The molecule has 0 saturated heterocycles. The van der Waals surface area contributed by atoms with E-state index < -0.39 is 11.8 Å². The van der Waals surface area contributed by atoms with Crippen molar-refractivity contribution < 1.29 is 27.9 Å². The summed E-state index contributed by atoms with van der Waals surface area (Å²) in [6.07, 6.45) is 1.48. The van der Waals surface area contributed by atoms with Gasteiger partial charge in [-0.05, 0) is 37.3 Å². The molecule has 3 rings (SSSR count). The first-order chi connectivity index (χ1) is 14.5. The maximum absolute atomic E-state index is 13.6. The van der Waals surface area contributed by atoms with E-state index >= 15 is 0 Å². The fourth-order valence-corrected chi connectivity index (χ4v) is 3.56. The Balaban J connectivity index is 1.79. The van der Waals surface area contributed by atoms with Crippen molar-refractivity contribution in [2.24, 2.45) is 0 Å². The molecule has 0 fully saturated rings. The van der Waals surface area contributed by atoms with Gasteiger partial charge in [-0.2, -0.15) is 0 Å². The lowest BCUT2D eigenvalue weighted by Gasteiger charge is -2.09. The van der Waals surface area contributed by atoms with Gasteiger partial charge in [-0.25, -0.2) is 4.39 Å². The molecule has 0 spiro atoms. The van der Waals surface area contributed by atoms with Gasteiger partial charge < -0.3 is 13.9 Å². The molecule has 0 radical (unpaired) electrons. The molecule has 158 valence electrons. The van der Waals surface area contributed by atoms with E-state index in [2.05, 4.69) is 10.2 Å². The van der Waals surface area contributed by atoms with Crippen LogP contribution in [0.3, 0.4) is 0 Å². The van der Waals surface area contributed by atoms with E-state index in [0.29, 0.717) is 22.5 Å². The van der Waals surface area contributed by atoms with Gasteiger partial charge in [0.1, 0.15) is 29.6 Å². The standard InChI is InChI=1S/C20H20FN3O5S/c1-3-28-19(26)10-18-22-23-20(24(18)11-14-5-4-8-29-14)30-12-16(25)15-9-13(21)6-7-17(15)27-2/h4-9H,3,10-12H2,1-2H3. The lowest BCUT2D eigenvalue weighted by atomic mass is 10.1. The number of Topliss-reactive ketones (excluding diaryl/α,β-unsaturated/α-hetero) is 1. The number of carbonyl (C=O) groups excluding carboxylic acids is 2. The number of furan rings is 1. The normalized spacial score (nSPS) is 10.8. The predicted octanol–water partition coefficient (Wildman–Crippen LogP) is 3.15. The maximum Gasteiger partial charge on any atom is 0.313 e. The Labute approximate surface area is 176 Å². The summed E-state index contributed by atoms with van der Waals surface area (Å²) in [6, 6.07) is 7.30. The number of ether oxygens (including phenoxy) is 2. The molecule has 2 heterocycles. The summed E-state index contributed by atoms with van der Waals surface area (Å²) in [5, 5.41) is 8.60. The average molecular weight is 433 g/mol. The molecule has 0 aliphatic heterocycles. The van der Waals surface area contributed by atoms with Crippen LogP contribution in [0, 0.1) is 5.82 Å². The summed E-state index contributed by atoms with van der Waals surface area (Å²) >= 11 is 1.13. The fourth-order valence-electron chi connectivity index (χ4n) is 2.72. The highest BCUT2D eigenvalue weighted by Crippen LogP contribution is 2.25. The van der Waals surface area contributed by atoms with Crippen molar-refractivity contribution in [2.45, 2.75) is 25.0 Å². The largest absolute Gasteiger partial charge is 0.496 e. The Morgan fingerprint density at radius 3 is 2.80 bits per heavy atom. The molecule has 0 aliphatic rings. The van der Waals surface area contributed by atoms with E-state index in [4.69, 9.17) is 13.9 Å². The lowest BCUT2D eigenvalue weighted by molar-refractivity contribution is -0.142. The minimum absolute atomic E-state index is 0.0183. The zero-order valence-electron chi connectivity index (χ0n) is 16.5. The number of nitrogens with zero attached hydrogens (tertiary/aromatic N) is 3. The van der Waals surface area contributed by atoms with Crippen LogP contribution in [-0.4, -0.2) is 46.0 Å². The molecule has 2 aromatic heterocycles. The van der Waals surface area contributed by atoms with E-state index in [0.717, 1.165) is 17.8 Å². The van der Waals surface area contributed by atoms with E-state index in [9.17, 15) is 14.0 Å². The number of carbonyl (C=O) groups is 2. The zero-order chi connectivity index (χ0) is 21.5. The topological polar surface area (TPSA) is 96.5 Å². The van der Waals surface area contributed by atoms with Crippen LogP contribution in [0.1, 0.15) is 28.9 Å².